The predicted molar refractivity (Wildman–Crippen MR) is 80.8 cm³/mol. The van der Waals surface area contributed by atoms with E-state index in [0.29, 0.717) is 16.9 Å². The highest BCUT2D eigenvalue weighted by molar-refractivity contribution is 14.1. The van der Waals surface area contributed by atoms with Crippen LogP contribution in [0.2, 0.25) is 0 Å². The molecule has 94 valence electrons. The van der Waals surface area contributed by atoms with Gasteiger partial charge in [0.1, 0.15) is 5.75 Å². The van der Waals surface area contributed by atoms with Crippen molar-refractivity contribution in [3.8, 4) is 5.75 Å². The fraction of sp³-hybridized carbons (Fsp3) is 0.417. The van der Waals surface area contributed by atoms with E-state index >= 15 is 0 Å². The minimum atomic E-state index is -0.0650. The van der Waals surface area contributed by atoms with E-state index in [-0.39, 0.29) is 11.7 Å². The Morgan fingerprint density at radius 3 is 2.76 bits per heavy atom. The highest BCUT2D eigenvalue weighted by Gasteiger charge is 2.13. The molecule has 0 aliphatic rings. The fourth-order valence-electron chi connectivity index (χ4n) is 1.34. The highest BCUT2D eigenvalue weighted by atomic mass is 127. The third-order valence-electron chi connectivity index (χ3n) is 2.40. The van der Waals surface area contributed by atoms with Gasteiger partial charge in [-0.3, -0.25) is 4.79 Å². The second-order valence-electron chi connectivity index (χ2n) is 3.96. The summed E-state index contributed by atoms with van der Waals surface area (Å²) in [5.74, 6) is 0.0866. The molecule has 5 heteroatoms. The Kier molecular flexibility index (Phi) is 5.72. The lowest BCUT2D eigenvalue weighted by molar-refractivity contribution is 0.0793. The average molecular weight is 412 g/mol. The van der Waals surface area contributed by atoms with Gasteiger partial charge >= 0.3 is 0 Å². The molecule has 0 aliphatic heterocycles. The number of carbonyl (C=O) groups is 1. The highest BCUT2D eigenvalue weighted by Crippen LogP contribution is 2.21. The van der Waals surface area contributed by atoms with Crippen LogP contribution in [0, 0.1) is 3.57 Å². The molecule has 0 spiro atoms. The SMILES string of the molecule is CC(Br)CCN(C)C(=O)c1ccc(I)c(O)c1. The number of rotatable bonds is 4. The zero-order valence-electron chi connectivity index (χ0n) is 9.78. The van der Waals surface area contributed by atoms with Crippen LogP contribution in [0.3, 0.4) is 0 Å². The van der Waals surface area contributed by atoms with Gasteiger partial charge in [-0.2, -0.15) is 0 Å². The van der Waals surface area contributed by atoms with Crippen LogP contribution in [0.25, 0.3) is 0 Å². The third kappa shape index (κ3) is 4.46. The molecule has 0 fully saturated rings. The minimum absolute atomic E-state index is 0.0650. The second kappa shape index (κ2) is 6.58. The summed E-state index contributed by atoms with van der Waals surface area (Å²) in [5, 5.41) is 9.56. The van der Waals surface area contributed by atoms with E-state index in [0.717, 1.165) is 9.99 Å². The number of carbonyl (C=O) groups excluding carboxylic acids is 1. The molecule has 1 N–H and O–H groups in total. The average Bonchev–Trinajstić information content (AvgIpc) is 2.28. The number of amides is 1. The fourth-order valence-corrected chi connectivity index (χ4v) is 1.88. The van der Waals surface area contributed by atoms with Crippen molar-refractivity contribution >= 4 is 44.4 Å². The molecule has 1 amide bonds. The summed E-state index contributed by atoms with van der Waals surface area (Å²) in [7, 11) is 1.77. The van der Waals surface area contributed by atoms with Crippen molar-refractivity contribution in [2.24, 2.45) is 0 Å². The normalized spacial score (nSPS) is 12.2. The van der Waals surface area contributed by atoms with Crippen LogP contribution in [0.1, 0.15) is 23.7 Å². The lowest BCUT2D eigenvalue weighted by Gasteiger charge is -2.18. The number of benzene rings is 1. The number of phenols is 1. The molecule has 1 unspecified atom stereocenters. The largest absolute Gasteiger partial charge is 0.507 e. The molecule has 17 heavy (non-hydrogen) atoms. The first-order chi connectivity index (χ1) is 7.91. The van der Waals surface area contributed by atoms with Crippen molar-refractivity contribution in [1.29, 1.82) is 0 Å². The van der Waals surface area contributed by atoms with Gasteiger partial charge in [-0.25, -0.2) is 0 Å². The van der Waals surface area contributed by atoms with Gasteiger partial charge in [0.25, 0.3) is 5.91 Å². The molecule has 0 bridgehead atoms. The Labute approximate surface area is 123 Å². The van der Waals surface area contributed by atoms with Gasteiger partial charge in [0.2, 0.25) is 0 Å². The molecule has 1 rings (SSSR count). The van der Waals surface area contributed by atoms with Crippen LogP contribution < -0.4 is 0 Å². The molecule has 3 nitrogen and oxygen atoms in total. The van der Waals surface area contributed by atoms with Crippen LogP contribution in [0.4, 0.5) is 0 Å². The molecule has 0 saturated carbocycles. The van der Waals surface area contributed by atoms with Crippen LogP contribution in [0.5, 0.6) is 5.75 Å². The summed E-state index contributed by atoms with van der Waals surface area (Å²) in [6.45, 7) is 2.74. The molecule has 0 saturated heterocycles. The topological polar surface area (TPSA) is 40.5 Å². The number of hydrogen-bond donors (Lipinski definition) is 1. The molecule has 0 heterocycles. The standard InChI is InChI=1S/C12H15BrINO2/c1-8(13)5-6-15(2)12(17)9-3-4-10(14)11(16)7-9/h3-4,7-8,16H,5-6H2,1-2H3. The van der Waals surface area contributed by atoms with Crippen molar-refractivity contribution < 1.29 is 9.90 Å². The van der Waals surface area contributed by atoms with Gasteiger partial charge in [0.05, 0.1) is 3.57 Å². The molecule has 1 atom stereocenters. The summed E-state index contributed by atoms with van der Waals surface area (Å²) >= 11 is 5.48. The molecule has 1 aromatic carbocycles. The van der Waals surface area contributed by atoms with Crippen LogP contribution in [0.15, 0.2) is 18.2 Å². The zero-order valence-corrected chi connectivity index (χ0v) is 13.5. The van der Waals surface area contributed by atoms with E-state index in [1.807, 2.05) is 22.6 Å². The molecular formula is C12H15BrINO2. The molecule has 0 aromatic heterocycles. The van der Waals surface area contributed by atoms with Crippen molar-refractivity contribution in [3.63, 3.8) is 0 Å². The van der Waals surface area contributed by atoms with E-state index < -0.39 is 0 Å². The van der Waals surface area contributed by atoms with Gasteiger partial charge < -0.3 is 10.0 Å². The number of phenolic OH excluding ortho intramolecular Hbond substituents is 1. The van der Waals surface area contributed by atoms with E-state index in [2.05, 4.69) is 22.9 Å². The maximum Gasteiger partial charge on any atom is 0.253 e. The minimum Gasteiger partial charge on any atom is -0.507 e. The maximum absolute atomic E-state index is 12.0. The van der Waals surface area contributed by atoms with Crippen molar-refractivity contribution in [3.05, 3.63) is 27.3 Å². The number of halogens is 2. The zero-order chi connectivity index (χ0) is 13.0. The van der Waals surface area contributed by atoms with Gasteiger partial charge in [-0.1, -0.05) is 22.9 Å². The third-order valence-corrected chi connectivity index (χ3v) is 3.77. The first kappa shape index (κ1) is 14.8. The Bertz CT molecular complexity index is 409. The summed E-state index contributed by atoms with van der Waals surface area (Å²) in [5.41, 5.74) is 0.521. The van der Waals surface area contributed by atoms with Crippen molar-refractivity contribution in [2.75, 3.05) is 13.6 Å². The quantitative estimate of drug-likeness (QED) is 0.610. The van der Waals surface area contributed by atoms with Gasteiger partial charge in [0.15, 0.2) is 0 Å². The second-order valence-corrected chi connectivity index (χ2v) is 6.69. The Hall–Kier alpha value is -0.300. The Balaban J connectivity index is 2.71. The summed E-state index contributed by atoms with van der Waals surface area (Å²) in [6, 6.07) is 4.99. The first-order valence-electron chi connectivity index (χ1n) is 5.30. The van der Waals surface area contributed by atoms with Crippen LogP contribution in [-0.2, 0) is 0 Å². The van der Waals surface area contributed by atoms with E-state index in [1.54, 1.807) is 24.1 Å². The maximum atomic E-state index is 12.0. The van der Waals surface area contributed by atoms with Crippen LogP contribution in [-0.4, -0.2) is 34.3 Å². The number of aromatic hydroxyl groups is 1. The summed E-state index contributed by atoms with van der Waals surface area (Å²) in [6.07, 6.45) is 0.901. The monoisotopic (exact) mass is 411 g/mol. The van der Waals surface area contributed by atoms with Gasteiger partial charge in [-0.05, 0) is 47.2 Å². The summed E-state index contributed by atoms with van der Waals surface area (Å²) in [4.78, 5) is 14.1. The van der Waals surface area contributed by atoms with Crippen molar-refractivity contribution in [1.82, 2.24) is 4.90 Å². The number of alkyl halides is 1. The van der Waals surface area contributed by atoms with E-state index in [4.69, 9.17) is 0 Å². The molecule has 0 aliphatic carbocycles. The lowest BCUT2D eigenvalue weighted by atomic mass is 10.2. The number of hydrogen-bond acceptors (Lipinski definition) is 2. The lowest BCUT2D eigenvalue weighted by Crippen LogP contribution is -2.28. The van der Waals surface area contributed by atoms with Gasteiger partial charge in [0, 0.05) is 24.0 Å². The molecule has 0 radical (unpaired) electrons. The summed E-state index contributed by atoms with van der Waals surface area (Å²) < 4.78 is 0.746. The first-order valence-corrected chi connectivity index (χ1v) is 7.29. The van der Waals surface area contributed by atoms with Gasteiger partial charge in [-0.15, -0.1) is 0 Å². The molecule has 1 aromatic rings. The smallest absolute Gasteiger partial charge is 0.253 e. The van der Waals surface area contributed by atoms with E-state index in [9.17, 15) is 9.90 Å². The van der Waals surface area contributed by atoms with E-state index in [1.165, 1.54) is 6.07 Å². The number of nitrogens with zero attached hydrogens (tertiary/aromatic N) is 1. The van der Waals surface area contributed by atoms with Crippen molar-refractivity contribution in [2.45, 2.75) is 18.2 Å². The van der Waals surface area contributed by atoms with Crippen LogP contribution >= 0.6 is 38.5 Å². The molecular weight excluding hydrogens is 397 g/mol. The Morgan fingerprint density at radius 2 is 2.24 bits per heavy atom. The predicted octanol–water partition coefficient (Wildman–Crippen LogP) is 3.24. The Morgan fingerprint density at radius 1 is 1.59 bits per heavy atom.